The van der Waals surface area contributed by atoms with Crippen LogP contribution in [0.5, 0.6) is 0 Å². The third kappa shape index (κ3) is 4.02. The maximum Gasteiger partial charge on any atom is 0.348 e. The third-order valence-electron chi connectivity index (χ3n) is 1.37. The van der Waals surface area contributed by atoms with Crippen LogP contribution in [0.4, 0.5) is 0 Å². The number of rotatable bonds is 1. The highest BCUT2D eigenvalue weighted by Gasteiger charge is 2.20. The van der Waals surface area contributed by atoms with Gasteiger partial charge in [0.15, 0.2) is 0 Å². The Morgan fingerprint density at radius 3 is 2.46 bits per heavy atom. The van der Waals surface area contributed by atoms with Crippen LogP contribution in [0.2, 0.25) is 0 Å². The van der Waals surface area contributed by atoms with E-state index in [-0.39, 0.29) is 0 Å². The topological polar surface area (TPSA) is 58.6 Å². The number of nitrogens with one attached hydrogen (secondary N) is 1. The zero-order valence-electron chi connectivity index (χ0n) is 6.97. The fourth-order valence-electron chi connectivity index (χ4n) is 0.811. The van der Waals surface area contributed by atoms with Gasteiger partial charge in [-0.15, -0.1) is 0 Å². The molecule has 2 rings (SSSR count). The molecule has 4 nitrogen and oxygen atoms in total. The van der Waals surface area contributed by atoms with Crippen molar-refractivity contribution in [3.8, 4) is 0 Å². The van der Waals surface area contributed by atoms with Gasteiger partial charge in [-0.25, -0.2) is 4.79 Å². The maximum atomic E-state index is 10.0. The molecule has 72 valence electrons. The molecule has 0 bridgehead atoms. The van der Waals surface area contributed by atoms with Crippen LogP contribution in [0.1, 0.15) is 0 Å². The fourth-order valence-corrected chi connectivity index (χ4v) is 1.26. The van der Waals surface area contributed by atoms with Gasteiger partial charge < -0.3 is 9.84 Å². The molecule has 1 unspecified atom stereocenters. The minimum atomic E-state index is -0.942. The molecule has 5 heteroatoms. The van der Waals surface area contributed by atoms with Crippen molar-refractivity contribution in [2.45, 2.75) is 6.23 Å². The van der Waals surface area contributed by atoms with E-state index in [9.17, 15) is 4.79 Å². The van der Waals surface area contributed by atoms with E-state index in [1.165, 1.54) is 0 Å². The molecule has 0 saturated carbocycles. The van der Waals surface area contributed by atoms with Gasteiger partial charge in [-0.1, -0.05) is 12.1 Å². The van der Waals surface area contributed by atoms with E-state index in [0.29, 0.717) is 13.2 Å². The molecule has 1 aliphatic heterocycles. The van der Waals surface area contributed by atoms with Crippen LogP contribution in [0.25, 0.3) is 0 Å². The fraction of sp³-hybridized carbons (Fsp3) is 0.375. The Labute approximate surface area is 80.2 Å². The van der Waals surface area contributed by atoms with Crippen LogP contribution in [-0.4, -0.2) is 30.5 Å². The molecule has 1 saturated heterocycles. The molecule has 2 heterocycles. The second kappa shape index (κ2) is 5.69. The quantitative estimate of drug-likeness (QED) is 0.704. The predicted octanol–water partition coefficient (Wildman–Crippen LogP) is 0.765. The minimum Gasteiger partial charge on any atom is -0.478 e. The van der Waals surface area contributed by atoms with Gasteiger partial charge in [0.1, 0.15) is 0 Å². The lowest BCUT2D eigenvalue weighted by molar-refractivity contribution is -0.148. The summed E-state index contributed by atoms with van der Waals surface area (Å²) < 4.78 is 4.70. The first-order valence-electron chi connectivity index (χ1n) is 3.85. The average Bonchev–Trinajstić information content (AvgIpc) is 2.82. The maximum absolute atomic E-state index is 10.0. The van der Waals surface area contributed by atoms with Crippen LogP contribution < -0.4 is 5.32 Å². The van der Waals surface area contributed by atoms with Crippen molar-refractivity contribution in [1.29, 1.82) is 0 Å². The molecular weight excluding hydrogens is 190 g/mol. The number of carboxylic acid groups (broad SMARTS) is 1. The number of aliphatic carboxylic acids is 1. The number of hydrogen-bond acceptors (Lipinski definition) is 4. The first-order chi connectivity index (χ1) is 6.30. The summed E-state index contributed by atoms with van der Waals surface area (Å²) >= 11 is 1.71. The lowest BCUT2D eigenvalue weighted by Crippen LogP contribution is -2.31. The van der Waals surface area contributed by atoms with E-state index in [4.69, 9.17) is 9.84 Å². The summed E-state index contributed by atoms with van der Waals surface area (Å²) in [5.74, 6) is -0.942. The molecule has 0 amide bonds. The summed E-state index contributed by atoms with van der Waals surface area (Å²) in [6.07, 6.45) is -0.769. The summed E-state index contributed by atoms with van der Waals surface area (Å²) in [5, 5.41) is 14.9. The smallest absolute Gasteiger partial charge is 0.348 e. The number of ether oxygens (including phenoxy) is 1. The molecular formula is C8H11NO3S. The van der Waals surface area contributed by atoms with E-state index >= 15 is 0 Å². The lowest BCUT2D eigenvalue weighted by atomic mass is 10.6. The van der Waals surface area contributed by atoms with Gasteiger partial charge >= 0.3 is 5.97 Å². The van der Waals surface area contributed by atoms with Crippen LogP contribution in [0.15, 0.2) is 22.9 Å². The standard InChI is InChI=1S/C4H7NO3.C4H4S/c6-4(7)3-5-1-2-8-3;1-2-4-5-3-1/h3,5H,1-2H2,(H,6,7);1-4H. The highest BCUT2D eigenvalue weighted by molar-refractivity contribution is 7.07. The van der Waals surface area contributed by atoms with Crippen molar-refractivity contribution in [2.24, 2.45) is 0 Å². The minimum absolute atomic E-state index is 0.497. The Bertz CT molecular complexity index is 214. The van der Waals surface area contributed by atoms with Crippen molar-refractivity contribution in [2.75, 3.05) is 13.2 Å². The summed E-state index contributed by atoms with van der Waals surface area (Å²) in [7, 11) is 0. The van der Waals surface area contributed by atoms with E-state index in [0.717, 1.165) is 0 Å². The van der Waals surface area contributed by atoms with Gasteiger partial charge in [-0.3, -0.25) is 5.32 Å². The van der Waals surface area contributed by atoms with Crippen molar-refractivity contribution >= 4 is 17.3 Å². The van der Waals surface area contributed by atoms with Crippen molar-refractivity contribution in [3.05, 3.63) is 22.9 Å². The van der Waals surface area contributed by atoms with Gasteiger partial charge in [0.05, 0.1) is 6.61 Å². The largest absolute Gasteiger partial charge is 0.478 e. The van der Waals surface area contributed by atoms with E-state index in [1.807, 2.05) is 22.9 Å². The van der Waals surface area contributed by atoms with Gasteiger partial charge in [0, 0.05) is 6.54 Å². The Hall–Kier alpha value is -0.910. The molecule has 2 N–H and O–H groups in total. The lowest BCUT2D eigenvalue weighted by Gasteiger charge is -1.99. The summed E-state index contributed by atoms with van der Waals surface area (Å²) in [6.45, 7) is 1.13. The summed E-state index contributed by atoms with van der Waals surface area (Å²) in [4.78, 5) is 10.0. The van der Waals surface area contributed by atoms with Gasteiger partial charge in [0.2, 0.25) is 6.23 Å². The van der Waals surface area contributed by atoms with Gasteiger partial charge in [0.25, 0.3) is 0 Å². The number of carbonyl (C=O) groups is 1. The Kier molecular flexibility index (Phi) is 4.45. The van der Waals surface area contributed by atoms with Crippen LogP contribution in [-0.2, 0) is 9.53 Å². The van der Waals surface area contributed by atoms with Gasteiger partial charge in [-0.2, -0.15) is 11.3 Å². The van der Waals surface area contributed by atoms with Crippen molar-refractivity contribution in [1.82, 2.24) is 5.32 Å². The molecule has 0 aromatic carbocycles. The van der Waals surface area contributed by atoms with E-state index in [2.05, 4.69) is 5.32 Å². The third-order valence-corrected chi connectivity index (χ3v) is 1.99. The molecule has 1 fully saturated rings. The number of thiophene rings is 1. The normalized spacial score (nSPS) is 20.5. The number of hydrogen-bond donors (Lipinski definition) is 2. The van der Waals surface area contributed by atoms with Crippen LogP contribution in [0, 0.1) is 0 Å². The monoisotopic (exact) mass is 201 g/mol. The highest BCUT2D eigenvalue weighted by atomic mass is 32.1. The molecule has 1 aromatic heterocycles. The zero-order chi connectivity index (χ0) is 9.52. The van der Waals surface area contributed by atoms with E-state index in [1.54, 1.807) is 11.3 Å². The molecule has 0 spiro atoms. The van der Waals surface area contributed by atoms with Crippen LogP contribution in [0.3, 0.4) is 0 Å². The molecule has 0 radical (unpaired) electrons. The van der Waals surface area contributed by atoms with Crippen molar-refractivity contribution < 1.29 is 14.6 Å². The SMILES string of the molecule is O=C(O)C1NCCO1.c1ccsc1. The van der Waals surface area contributed by atoms with E-state index < -0.39 is 12.2 Å². The van der Waals surface area contributed by atoms with Crippen LogP contribution >= 0.6 is 11.3 Å². The molecule has 0 aliphatic carbocycles. The van der Waals surface area contributed by atoms with Crippen molar-refractivity contribution in [3.63, 3.8) is 0 Å². The van der Waals surface area contributed by atoms with Gasteiger partial charge in [-0.05, 0) is 10.8 Å². The first-order valence-corrected chi connectivity index (χ1v) is 4.80. The average molecular weight is 201 g/mol. The molecule has 1 atom stereocenters. The molecule has 13 heavy (non-hydrogen) atoms. The second-order valence-electron chi connectivity index (χ2n) is 2.34. The first kappa shape index (κ1) is 10.2. The predicted molar refractivity (Wildman–Crippen MR) is 49.7 cm³/mol. The molecule has 1 aliphatic rings. The number of carboxylic acids is 1. The Morgan fingerprint density at radius 1 is 1.54 bits per heavy atom. The zero-order valence-corrected chi connectivity index (χ0v) is 7.79. The highest BCUT2D eigenvalue weighted by Crippen LogP contribution is 1.93. The molecule has 1 aromatic rings. The Morgan fingerprint density at radius 2 is 2.23 bits per heavy atom. The summed E-state index contributed by atoms with van der Waals surface area (Å²) in [6, 6.07) is 4.04. The summed E-state index contributed by atoms with van der Waals surface area (Å²) in [5.41, 5.74) is 0. The Balaban J connectivity index is 0.000000145. The second-order valence-corrected chi connectivity index (χ2v) is 3.15.